The van der Waals surface area contributed by atoms with Crippen molar-refractivity contribution in [1.29, 1.82) is 0 Å². The average molecular weight is 551 g/mol. The first kappa shape index (κ1) is 25.1. The summed E-state index contributed by atoms with van der Waals surface area (Å²) in [5.41, 5.74) is 2.41. The lowest BCUT2D eigenvalue weighted by atomic mass is 10.1. The van der Waals surface area contributed by atoms with Crippen LogP contribution in [0.2, 0.25) is 0 Å². The van der Waals surface area contributed by atoms with E-state index >= 15 is 0 Å². The molecule has 0 spiro atoms. The molecule has 0 radical (unpaired) electrons. The number of aromatic amines is 1. The van der Waals surface area contributed by atoms with Gasteiger partial charge in [-0.3, -0.25) is 4.79 Å². The number of guanidine groups is 1. The predicted molar refractivity (Wildman–Crippen MR) is 142 cm³/mol. The minimum absolute atomic E-state index is 0. The SMILES string of the molecule is CN(C)C(=O)CN=C(NCCSc1ccccc1)NCCc1c[nH]c2ccccc12.I. The van der Waals surface area contributed by atoms with E-state index in [9.17, 15) is 4.79 Å². The number of amides is 1. The zero-order valence-electron chi connectivity index (χ0n) is 17.9. The third kappa shape index (κ3) is 8.10. The number of fused-ring (bicyclic) bond motifs is 1. The van der Waals surface area contributed by atoms with E-state index in [-0.39, 0.29) is 36.4 Å². The standard InChI is InChI=1S/C23H29N5OS.HI/c1-28(2)22(29)17-27-23(25-14-15-30-19-8-4-3-5-9-19)24-13-12-18-16-26-21-11-7-6-10-20(18)21;/h3-11,16,26H,12-15,17H2,1-2H3,(H2,24,25,27);1H. The smallest absolute Gasteiger partial charge is 0.243 e. The van der Waals surface area contributed by atoms with Crippen molar-refractivity contribution in [3.8, 4) is 0 Å². The number of aliphatic imine (C=N–C) groups is 1. The molecule has 1 amide bonds. The third-order valence-corrected chi connectivity index (χ3v) is 5.65. The number of para-hydroxylation sites is 1. The first-order chi connectivity index (χ1) is 14.6. The van der Waals surface area contributed by atoms with Crippen molar-refractivity contribution < 1.29 is 4.79 Å². The maximum atomic E-state index is 11.9. The van der Waals surface area contributed by atoms with Gasteiger partial charge in [0.25, 0.3) is 0 Å². The van der Waals surface area contributed by atoms with E-state index in [0.29, 0.717) is 5.96 Å². The number of thioether (sulfide) groups is 1. The molecule has 0 fully saturated rings. The second-order valence-electron chi connectivity index (χ2n) is 7.08. The van der Waals surface area contributed by atoms with Crippen molar-refractivity contribution in [2.24, 2.45) is 4.99 Å². The molecule has 0 unspecified atom stereocenters. The number of benzene rings is 2. The Morgan fingerprint density at radius 2 is 1.74 bits per heavy atom. The highest BCUT2D eigenvalue weighted by molar-refractivity contribution is 14.0. The van der Waals surface area contributed by atoms with Gasteiger partial charge in [0.2, 0.25) is 5.91 Å². The summed E-state index contributed by atoms with van der Waals surface area (Å²) in [4.78, 5) is 22.5. The molecule has 1 heterocycles. The lowest BCUT2D eigenvalue weighted by molar-refractivity contribution is -0.127. The van der Waals surface area contributed by atoms with Gasteiger partial charge in [0.05, 0.1) is 0 Å². The molecule has 0 bridgehead atoms. The van der Waals surface area contributed by atoms with E-state index in [2.05, 4.69) is 57.1 Å². The van der Waals surface area contributed by atoms with E-state index in [4.69, 9.17) is 0 Å². The molecule has 0 aliphatic carbocycles. The molecule has 0 saturated heterocycles. The highest BCUT2D eigenvalue weighted by Gasteiger charge is 2.06. The second-order valence-corrected chi connectivity index (χ2v) is 8.25. The van der Waals surface area contributed by atoms with Crippen molar-refractivity contribution in [3.05, 3.63) is 66.4 Å². The Bertz CT molecular complexity index is 974. The lowest BCUT2D eigenvalue weighted by Crippen LogP contribution is -2.40. The van der Waals surface area contributed by atoms with Crippen LogP contribution in [-0.4, -0.2) is 61.2 Å². The second kappa shape index (κ2) is 13.3. The average Bonchev–Trinajstić information content (AvgIpc) is 3.18. The fraction of sp³-hybridized carbons (Fsp3) is 0.304. The molecule has 166 valence electrons. The van der Waals surface area contributed by atoms with Crippen LogP contribution in [0.4, 0.5) is 0 Å². The number of likely N-dealkylation sites (N-methyl/N-ethyl adjacent to an activating group) is 1. The number of H-pyrrole nitrogens is 1. The van der Waals surface area contributed by atoms with E-state index in [1.54, 1.807) is 30.8 Å². The topological polar surface area (TPSA) is 72.5 Å². The number of nitrogens with zero attached hydrogens (tertiary/aromatic N) is 2. The number of carbonyl (C=O) groups is 1. The summed E-state index contributed by atoms with van der Waals surface area (Å²) in [6.07, 6.45) is 2.92. The van der Waals surface area contributed by atoms with Crippen LogP contribution < -0.4 is 10.6 Å². The summed E-state index contributed by atoms with van der Waals surface area (Å²) in [6, 6.07) is 18.6. The fourth-order valence-electron chi connectivity index (χ4n) is 2.97. The Morgan fingerprint density at radius 1 is 1.03 bits per heavy atom. The molecule has 2 aromatic carbocycles. The van der Waals surface area contributed by atoms with Gasteiger partial charge in [-0.2, -0.15) is 0 Å². The van der Waals surface area contributed by atoms with E-state index in [0.717, 1.165) is 30.8 Å². The van der Waals surface area contributed by atoms with Crippen LogP contribution in [0.25, 0.3) is 10.9 Å². The quantitative estimate of drug-likeness (QED) is 0.125. The number of hydrogen-bond donors (Lipinski definition) is 3. The molecule has 0 saturated carbocycles. The Kier molecular flexibility index (Phi) is 10.7. The molecular weight excluding hydrogens is 521 g/mol. The van der Waals surface area contributed by atoms with Crippen LogP contribution >= 0.6 is 35.7 Å². The summed E-state index contributed by atoms with van der Waals surface area (Å²) >= 11 is 1.79. The summed E-state index contributed by atoms with van der Waals surface area (Å²) in [5, 5.41) is 7.95. The van der Waals surface area contributed by atoms with Crippen LogP contribution in [0.15, 0.2) is 70.7 Å². The van der Waals surface area contributed by atoms with Gasteiger partial charge < -0.3 is 20.5 Å². The van der Waals surface area contributed by atoms with Gasteiger partial charge in [0.1, 0.15) is 6.54 Å². The highest BCUT2D eigenvalue weighted by atomic mass is 127. The Balaban J connectivity index is 0.00000341. The molecule has 6 nitrogen and oxygen atoms in total. The van der Waals surface area contributed by atoms with Crippen LogP contribution in [-0.2, 0) is 11.2 Å². The van der Waals surface area contributed by atoms with Gasteiger partial charge in [0, 0.05) is 54.9 Å². The summed E-state index contributed by atoms with van der Waals surface area (Å²) in [5.74, 6) is 1.56. The Hall–Kier alpha value is -2.20. The minimum atomic E-state index is -0.0219. The lowest BCUT2D eigenvalue weighted by Gasteiger charge is -2.14. The number of carbonyl (C=O) groups excluding carboxylic acids is 1. The van der Waals surface area contributed by atoms with Gasteiger partial charge in [0.15, 0.2) is 5.96 Å². The van der Waals surface area contributed by atoms with Crippen molar-refractivity contribution in [2.45, 2.75) is 11.3 Å². The van der Waals surface area contributed by atoms with E-state index in [1.165, 1.54) is 15.8 Å². The normalized spacial score (nSPS) is 11.1. The molecule has 1 aromatic heterocycles. The van der Waals surface area contributed by atoms with Gasteiger partial charge in [-0.1, -0.05) is 36.4 Å². The summed E-state index contributed by atoms with van der Waals surface area (Å²) < 4.78 is 0. The fourth-order valence-corrected chi connectivity index (χ4v) is 3.76. The Morgan fingerprint density at radius 3 is 2.52 bits per heavy atom. The largest absolute Gasteiger partial charge is 0.361 e. The number of halogens is 1. The molecule has 3 rings (SSSR count). The number of nitrogens with one attached hydrogen (secondary N) is 3. The van der Waals surface area contributed by atoms with Crippen LogP contribution in [0.3, 0.4) is 0 Å². The maximum absolute atomic E-state index is 11.9. The molecule has 0 aliphatic rings. The zero-order valence-corrected chi connectivity index (χ0v) is 21.1. The maximum Gasteiger partial charge on any atom is 0.243 e. The van der Waals surface area contributed by atoms with Gasteiger partial charge >= 0.3 is 0 Å². The van der Waals surface area contributed by atoms with Crippen molar-refractivity contribution in [2.75, 3.05) is 39.5 Å². The first-order valence-corrected chi connectivity index (χ1v) is 11.1. The molecule has 0 atom stereocenters. The van der Waals surface area contributed by atoms with Crippen LogP contribution in [0.5, 0.6) is 0 Å². The predicted octanol–water partition coefficient (Wildman–Crippen LogP) is 3.74. The third-order valence-electron chi connectivity index (χ3n) is 4.64. The molecular formula is C23H30IN5OS. The van der Waals surface area contributed by atoms with Crippen molar-refractivity contribution in [1.82, 2.24) is 20.5 Å². The molecule has 3 N–H and O–H groups in total. The van der Waals surface area contributed by atoms with Gasteiger partial charge in [-0.05, 0) is 30.2 Å². The first-order valence-electron chi connectivity index (χ1n) is 10.1. The monoisotopic (exact) mass is 551 g/mol. The summed E-state index contributed by atoms with van der Waals surface area (Å²) in [6.45, 7) is 1.62. The zero-order chi connectivity index (χ0) is 21.2. The summed E-state index contributed by atoms with van der Waals surface area (Å²) in [7, 11) is 3.48. The van der Waals surface area contributed by atoms with Crippen molar-refractivity contribution >= 4 is 58.5 Å². The van der Waals surface area contributed by atoms with Gasteiger partial charge in [-0.15, -0.1) is 35.7 Å². The molecule has 3 aromatic rings. The van der Waals surface area contributed by atoms with Crippen LogP contribution in [0.1, 0.15) is 5.56 Å². The van der Waals surface area contributed by atoms with Gasteiger partial charge in [-0.25, -0.2) is 4.99 Å². The van der Waals surface area contributed by atoms with Crippen LogP contribution in [0, 0.1) is 0 Å². The minimum Gasteiger partial charge on any atom is -0.361 e. The molecule has 31 heavy (non-hydrogen) atoms. The number of aromatic nitrogens is 1. The van der Waals surface area contributed by atoms with Crippen molar-refractivity contribution in [3.63, 3.8) is 0 Å². The highest BCUT2D eigenvalue weighted by Crippen LogP contribution is 2.18. The number of hydrogen-bond acceptors (Lipinski definition) is 3. The van der Waals surface area contributed by atoms with E-state index in [1.807, 2.05) is 24.3 Å². The number of rotatable bonds is 9. The molecule has 0 aliphatic heterocycles. The Labute approximate surface area is 205 Å². The van der Waals surface area contributed by atoms with E-state index < -0.39 is 0 Å². The molecule has 8 heteroatoms.